The van der Waals surface area contributed by atoms with E-state index in [-0.39, 0.29) is 11.6 Å². The van der Waals surface area contributed by atoms with Gasteiger partial charge in [0.15, 0.2) is 0 Å². The number of hydrogen-bond acceptors (Lipinski definition) is 3. The average molecular weight is 238 g/mol. The largest absolute Gasteiger partial charge is 0.497 e. The van der Waals surface area contributed by atoms with Gasteiger partial charge in [0.05, 0.1) is 12.6 Å². The Hall–Kier alpha value is -0.540. The zero-order valence-corrected chi connectivity index (χ0v) is 11.2. The highest BCUT2D eigenvalue weighted by molar-refractivity contribution is 5.15. The van der Waals surface area contributed by atoms with Crippen LogP contribution in [-0.4, -0.2) is 37.2 Å². The van der Waals surface area contributed by atoms with Crippen molar-refractivity contribution >= 4 is 0 Å². The molecule has 0 saturated heterocycles. The van der Waals surface area contributed by atoms with Crippen LogP contribution in [-0.2, 0) is 4.74 Å². The second-order valence-electron chi connectivity index (χ2n) is 5.63. The first-order chi connectivity index (χ1) is 8.17. The van der Waals surface area contributed by atoms with Crippen molar-refractivity contribution in [1.82, 2.24) is 4.90 Å². The molecule has 1 fully saturated rings. The standard InChI is InChI=1S/C14H26N2O/c1-16(2)14(9-5-3-6-10-14)13(15)12-8-4-7-11-17-12/h8,13H,3-7,9-11,15H2,1-2H3. The number of rotatable bonds is 3. The van der Waals surface area contributed by atoms with E-state index in [4.69, 9.17) is 10.5 Å². The van der Waals surface area contributed by atoms with E-state index in [1.165, 1.54) is 32.1 Å². The summed E-state index contributed by atoms with van der Waals surface area (Å²) in [6.45, 7) is 0.836. The molecule has 0 bridgehead atoms. The van der Waals surface area contributed by atoms with Crippen molar-refractivity contribution in [3.63, 3.8) is 0 Å². The Morgan fingerprint density at radius 1 is 1.24 bits per heavy atom. The molecular weight excluding hydrogens is 212 g/mol. The summed E-state index contributed by atoms with van der Waals surface area (Å²) in [5.74, 6) is 1.03. The Morgan fingerprint density at radius 2 is 1.94 bits per heavy atom. The molecule has 1 unspecified atom stereocenters. The summed E-state index contributed by atoms with van der Waals surface area (Å²) in [4.78, 5) is 2.33. The van der Waals surface area contributed by atoms with Crippen LogP contribution >= 0.6 is 0 Å². The second-order valence-corrected chi connectivity index (χ2v) is 5.63. The second kappa shape index (κ2) is 5.40. The molecule has 1 aliphatic carbocycles. The molecule has 2 aliphatic rings. The minimum absolute atomic E-state index is 0.0399. The first kappa shape index (κ1) is 12.9. The van der Waals surface area contributed by atoms with Gasteiger partial charge in [-0.15, -0.1) is 0 Å². The van der Waals surface area contributed by atoms with Crippen LogP contribution in [0.1, 0.15) is 44.9 Å². The van der Waals surface area contributed by atoms with Gasteiger partial charge >= 0.3 is 0 Å². The summed E-state index contributed by atoms with van der Waals surface area (Å²) >= 11 is 0. The van der Waals surface area contributed by atoms with Crippen molar-refractivity contribution in [1.29, 1.82) is 0 Å². The summed E-state index contributed by atoms with van der Waals surface area (Å²) in [5, 5.41) is 0. The summed E-state index contributed by atoms with van der Waals surface area (Å²) in [6.07, 6.45) is 10.8. The van der Waals surface area contributed by atoms with Crippen LogP contribution < -0.4 is 5.73 Å². The Kier molecular flexibility index (Phi) is 4.10. The lowest BCUT2D eigenvalue weighted by Gasteiger charge is -2.47. The molecule has 3 heteroatoms. The molecule has 0 amide bonds. The quantitative estimate of drug-likeness (QED) is 0.819. The predicted molar refractivity (Wildman–Crippen MR) is 70.7 cm³/mol. The SMILES string of the molecule is CN(C)C1(C(N)C2=CCCCO2)CCCCC1. The average Bonchev–Trinajstić information content (AvgIpc) is 2.39. The van der Waals surface area contributed by atoms with E-state index in [0.717, 1.165) is 25.2 Å². The third-order valence-corrected chi connectivity index (χ3v) is 4.46. The zero-order chi connectivity index (χ0) is 12.3. The van der Waals surface area contributed by atoms with Gasteiger partial charge in [-0.3, -0.25) is 0 Å². The molecule has 0 aromatic heterocycles. The van der Waals surface area contributed by atoms with Gasteiger partial charge < -0.3 is 15.4 Å². The monoisotopic (exact) mass is 238 g/mol. The summed E-state index contributed by atoms with van der Waals surface area (Å²) < 4.78 is 5.78. The molecule has 2 rings (SSSR count). The van der Waals surface area contributed by atoms with Crippen LogP contribution in [0, 0.1) is 0 Å². The smallest absolute Gasteiger partial charge is 0.111 e. The molecular formula is C14H26N2O. The van der Waals surface area contributed by atoms with E-state index >= 15 is 0 Å². The normalized spacial score (nSPS) is 26.2. The molecule has 0 aromatic carbocycles. The molecule has 1 aliphatic heterocycles. The molecule has 0 radical (unpaired) electrons. The van der Waals surface area contributed by atoms with Gasteiger partial charge in [-0.05, 0) is 45.9 Å². The Labute approximate surface area is 105 Å². The minimum Gasteiger partial charge on any atom is -0.497 e. The lowest BCUT2D eigenvalue weighted by atomic mass is 9.74. The van der Waals surface area contributed by atoms with Crippen molar-refractivity contribution in [2.24, 2.45) is 5.73 Å². The van der Waals surface area contributed by atoms with Gasteiger partial charge in [0.25, 0.3) is 0 Å². The number of hydrogen-bond donors (Lipinski definition) is 1. The van der Waals surface area contributed by atoms with Crippen LogP contribution in [0.3, 0.4) is 0 Å². The van der Waals surface area contributed by atoms with Crippen molar-refractivity contribution < 1.29 is 4.74 Å². The van der Waals surface area contributed by atoms with Gasteiger partial charge in [0.2, 0.25) is 0 Å². The lowest BCUT2D eigenvalue weighted by molar-refractivity contribution is 0.0517. The van der Waals surface area contributed by atoms with E-state index in [0.29, 0.717) is 0 Å². The number of nitrogens with two attached hydrogens (primary N) is 1. The van der Waals surface area contributed by atoms with E-state index in [2.05, 4.69) is 25.1 Å². The van der Waals surface area contributed by atoms with E-state index in [1.807, 2.05) is 0 Å². The molecule has 98 valence electrons. The fourth-order valence-electron chi connectivity index (χ4n) is 3.26. The minimum atomic E-state index is 0.0399. The highest BCUT2D eigenvalue weighted by atomic mass is 16.5. The van der Waals surface area contributed by atoms with Crippen molar-refractivity contribution in [3.05, 3.63) is 11.8 Å². The topological polar surface area (TPSA) is 38.5 Å². The molecule has 0 spiro atoms. The van der Waals surface area contributed by atoms with Gasteiger partial charge in [-0.25, -0.2) is 0 Å². The Balaban J connectivity index is 2.17. The van der Waals surface area contributed by atoms with Gasteiger partial charge in [0.1, 0.15) is 5.76 Å². The van der Waals surface area contributed by atoms with Gasteiger partial charge in [0, 0.05) is 5.54 Å². The number of ether oxygens (including phenoxy) is 1. The first-order valence-electron chi connectivity index (χ1n) is 6.93. The van der Waals surface area contributed by atoms with Crippen molar-refractivity contribution in [2.75, 3.05) is 20.7 Å². The molecule has 2 N–H and O–H groups in total. The Bertz CT molecular complexity index is 280. The number of likely N-dealkylation sites (N-methyl/N-ethyl adjacent to an activating group) is 1. The highest BCUT2D eigenvalue weighted by Crippen LogP contribution is 2.37. The summed E-state index contributed by atoms with van der Waals surface area (Å²) in [7, 11) is 4.32. The van der Waals surface area contributed by atoms with Crippen LogP contribution in [0.15, 0.2) is 11.8 Å². The molecule has 1 saturated carbocycles. The Morgan fingerprint density at radius 3 is 2.47 bits per heavy atom. The maximum atomic E-state index is 6.52. The van der Waals surface area contributed by atoms with Gasteiger partial charge in [-0.2, -0.15) is 0 Å². The number of allylic oxidation sites excluding steroid dienone is 1. The maximum absolute atomic E-state index is 6.52. The highest BCUT2D eigenvalue weighted by Gasteiger charge is 2.42. The predicted octanol–water partition coefficient (Wildman–Crippen LogP) is 2.27. The zero-order valence-electron chi connectivity index (χ0n) is 11.2. The van der Waals surface area contributed by atoms with Crippen molar-refractivity contribution in [2.45, 2.75) is 56.5 Å². The van der Waals surface area contributed by atoms with Crippen LogP contribution in [0.2, 0.25) is 0 Å². The maximum Gasteiger partial charge on any atom is 0.111 e. The third kappa shape index (κ3) is 2.50. The molecule has 1 heterocycles. The molecule has 3 nitrogen and oxygen atoms in total. The fourth-order valence-corrected chi connectivity index (χ4v) is 3.26. The summed E-state index contributed by atoms with van der Waals surface area (Å²) in [6, 6.07) is 0.0399. The van der Waals surface area contributed by atoms with Crippen LogP contribution in [0.4, 0.5) is 0 Å². The van der Waals surface area contributed by atoms with Crippen molar-refractivity contribution in [3.8, 4) is 0 Å². The number of nitrogens with zero attached hydrogens (tertiary/aromatic N) is 1. The van der Waals surface area contributed by atoms with E-state index < -0.39 is 0 Å². The van der Waals surface area contributed by atoms with Crippen LogP contribution in [0.5, 0.6) is 0 Å². The molecule has 1 atom stereocenters. The fraction of sp³-hybridized carbons (Fsp3) is 0.857. The molecule has 17 heavy (non-hydrogen) atoms. The van der Waals surface area contributed by atoms with Gasteiger partial charge in [-0.1, -0.05) is 19.3 Å². The lowest BCUT2D eigenvalue weighted by Crippen LogP contribution is -2.59. The van der Waals surface area contributed by atoms with E-state index in [9.17, 15) is 0 Å². The molecule has 0 aromatic rings. The summed E-state index contributed by atoms with van der Waals surface area (Å²) in [5.41, 5.74) is 6.64. The third-order valence-electron chi connectivity index (χ3n) is 4.46. The van der Waals surface area contributed by atoms with E-state index in [1.54, 1.807) is 0 Å². The van der Waals surface area contributed by atoms with Crippen LogP contribution in [0.25, 0.3) is 0 Å². The first-order valence-corrected chi connectivity index (χ1v) is 6.93.